The van der Waals surface area contributed by atoms with E-state index in [0.717, 1.165) is 19.7 Å². The summed E-state index contributed by atoms with van der Waals surface area (Å²) in [6.07, 6.45) is 2.17. The first-order chi connectivity index (χ1) is 8.92. The van der Waals surface area contributed by atoms with Crippen LogP contribution in [0.5, 0.6) is 0 Å². The monoisotopic (exact) mass is 240 g/mol. The average molecular weight is 240 g/mol. The van der Waals surface area contributed by atoms with E-state index >= 15 is 0 Å². The van der Waals surface area contributed by atoms with Gasteiger partial charge in [0.05, 0.1) is 12.6 Å². The predicted octanol–water partition coefficient (Wildman–Crippen LogP) is 2.61. The lowest BCUT2D eigenvalue weighted by molar-refractivity contribution is -0.141. The largest absolute Gasteiger partial charge is 0.349 e. The zero-order valence-electron chi connectivity index (χ0n) is 10.2. The van der Waals surface area contributed by atoms with Crippen molar-refractivity contribution in [2.45, 2.75) is 19.1 Å². The van der Waals surface area contributed by atoms with Crippen LogP contribution in [0.1, 0.15) is 17.3 Å². The van der Waals surface area contributed by atoms with E-state index in [1.54, 1.807) is 0 Å². The minimum Gasteiger partial charge on any atom is -0.349 e. The molecule has 4 rings (SSSR count). The van der Waals surface area contributed by atoms with Crippen LogP contribution in [0.4, 0.5) is 0 Å². The molecule has 1 fully saturated rings. The molecule has 1 aromatic heterocycles. The molecule has 3 heteroatoms. The van der Waals surface area contributed by atoms with Gasteiger partial charge in [0.1, 0.15) is 0 Å². The Hall–Kier alpha value is -1.58. The number of hydrogen-bond donors (Lipinski definition) is 0. The van der Waals surface area contributed by atoms with Gasteiger partial charge in [0.2, 0.25) is 0 Å². The van der Waals surface area contributed by atoms with Crippen LogP contribution in [0.2, 0.25) is 0 Å². The minimum atomic E-state index is 0.431. The zero-order chi connectivity index (χ0) is 11.9. The van der Waals surface area contributed by atoms with Crippen molar-refractivity contribution < 1.29 is 4.84 Å². The van der Waals surface area contributed by atoms with E-state index in [2.05, 4.69) is 58.3 Å². The lowest BCUT2D eigenvalue weighted by Crippen LogP contribution is -2.22. The van der Waals surface area contributed by atoms with Crippen LogP contribution < -0.4 is 0 Å². The molecule has 1 saturated heterocycles. The molecule has 0 amide bonds. The predicted molar refractivity (Wildman–Crippen MR) is 68.6 cm³/mol. The molecule has 2 aromatic rings. The third-order valence-corrected chi connectivity index (χ3v) is 3.99. The molecule has 92 valence electrons. The Morgan fingerprint density at radius 2 is 2.00 bits per heavy atom. The van der Waals surface area contributed by atoms with E-state index in [-0.39, 0.29) is 0 Å². The van der Waals surface area contributed by atoms with E-state index in [9.17, 15) is 0 Å². The minimum absolute atomic E-state index is 0.431. The summed E-state index contributed by atoms with van der Waals surface area (Å²) in [7, 11) is 0. The first-order valence-corrected chi connectivity index (χ1v) is 6.50. The fraction of sp³-hybridized carbons (Fsp3) is 0.333. The molecule has 1 aromatic carbocycles. The molecular formula is C15H16N2O. The second-order valence-corrected chi connectivity index (χ2v) is 5.15. The molecule has 0 N–H and O–H groups in total. The van der Waals surface area contributed by atoms with Crippen molar-refractivity contribution in [2.75, 3.05) is 6.61 Å². The van der Waals surface area contributed by atoms with Crippen LogP contribution in [0.25, 0.3) is 0 Å². The average Bonchev–Trinajstić information content (AvgIpc) is 3.03. The Morgan fingerprint density at radius 3 is 2.89 bits per heavy atom. The van der Waals surface area contributed by atoms with Crippen LogP contribution in [0, 0.1) is 5.92 Å². The lowest BCUT2D eigenvalue weighted by Gasteiger charge is -2.21. The summed E-state index contributed by atoms with van der Waals surface area (Å²) in [6, 6.07) is 15.3. The third kappa shape index (κ3) is 1.51. The van der Waals surface area contributed by atoms with Crippen molar-refractivity contribution in [3.05, 3.63) is 59.9 Å². The van der Waals surface area contributed by atoms with E-state index in [1.807, 2.05) is 0 Å². The van der Waals surface area contributed by atoms with Crippen LogP contribution in [0.3, 0.4) is 0 Å². The Bertz CT molecular complexity index is 549. The van der Waals surface area contributed by atoms with Crippen molar-refractivity contribution in [3.8, 4) is 0 Å². The van der Waals surface area contributed by atoms with Crippen molar-refractivity contribution in [2.24, 2.45) is 5.92 Å². The van der Waals surface area contributed by atoms with Gasteiger partial charge >= 0.3 is 0 Å². The fourth-order valence-corrected chi connectivity index (χ4v) is 3.16. The molecule has 2 atom stereocenters. The highest BCUT2D eigenvalue weighted by Crippen LogP contribution is 2.42. The molecule has 0 saturated carbocycles. The second-order valence-electron chi connectivity index (χ2n) is 5.15. The van der Waals surface area contributed by atoms with E-state index in [0.29, 0.717) is 12.0 Å². The van der Waals surface area contributed by atoms with E-state index in [4.69, 9.17) is 4.84 Å². The molecule has 2 aliphatic rings. The SMILES string of the molecule is c1ccc(CN2OC[C@@H]3Cn4cccc4[C@@H]32)cc1. The van der Waals surface area contributed by atoms with Crippen LogP contribution in [-0.2, 0) is 17.9 Å². The van der Waals surface area contributed by atoms with Crippen LogP contribution in [-0.4, -0.2) is 16.2 Å². The van der Waals surface area contributed by atoms with Gasteiger partial charge in [-0.15, -0.1) is 0 Å². The maximum absolute atomic E-state index is 5.87. The van der Waals surface area contributed by atoms with Gasteiger partial charge in [0.15, 0.2) is 0 Å². The van der Waals surface area contributed by atoms with Crippen LogP contribution in [0.15, 0.2) is 48.7 Å². The summed E-state index contributed by atoms with van der Waals surface area (Å²) < 4.78 is 2.36. The maximum Gasteiger partial charge on any atom is 0.0825 e. The molecule has 0 spiro atoms. The summed E-state index contributed by atoms with van der Waals surface area (Å²) >= 11 is 0. The number of hydrogen-bond acceptors (Lipinski definition) is 2. The van der Waals surface area contributed by atoms with Crippen molar-refractivity contribution in [3.63, 3.8) is 0 Å². The van der Waals surface area contributed by atoms with Gasteiger partial charge in [-0.3, -0.25) is 4.84 Å². The van der Waals surface area contributed by atoms with Gasteiger partial charge in [0, 0.05) is 30.9 Å². The molecule has 0 aliphatic carbocycles. The van der Waals surface area contributed by atoms with Crippen molar-refractivity contribution >= 4 is 0 Å². The fourth-order valence-electron chi connectivity index (χ4n) is 3.16. The quantitative estimate of drug-likeness (QED) is 0.802. The Balaban J connectivity index is 1.60. The van der Waals surface area contributed by atoms with Gasteiger partial charge in [0.25, 0.3) is 0 Å². The molecule has 0 radical (unpaired) electrons. The summed E-state index contributed by atoms with van der Waals surface area (Å²) in [5.74, 6) is 0.616. The third-order valence-electron chi connectivity index (χ3n) is 3.99. The Labute approximate surface area is 107 Å². The molecule has 18 heavy (non-hydrogen) atoms. The number of benzene rings is 1. The van der Waals surface area contributed by atoms with Gasteiger partial charge in [-0.05, 0) is 17.7 Å². The summed E-state index contributed by atoms with van der Waals surface area (Å²) in [5.41, 5.74) is 2.71. The topological polar surface area (TPSA) is 17.4 Å². The van der Waals surface area contributed by atoms with Crippen molar-refractivity contribution in [1.82, 2.24) is 9.63 Å². The number of hydroxylamine groups is 2. The number of fused-ring (bicyclic) bond motifs is 3. The number of nitrogens with zero attached hydrogens (tertiary/aromatic N) is 2. The second kappa shape index (κ2) is 3.97. The molecule has 3 heterocycles. The molecule has 0 unspecified atom stereocenters. The van der Waals surface area contributed by atoms with Gasteiger partial charge in [-0.2, -0.15) is 5.06 Å². The van der Waals surface area contributed by atoms with Gasteiger partial charge < -0.3 is 4.57 Å². The molecular weight excluding hydrogens is 224 g/mol. The van der Waals surface area contributed by atoms with Crippen LogP contribution >= 0.6 is 0 Å². The highest BCUT2D eigenvalue weighted by Gasteiger charge is 2.42. The van der Waals surface area contributed by atoms with E-state index < -0.39 is 0 Å². The lowest BCUT2D eigenvalue weighted by atomic mass is 10.0. The normalized spacial score (nSPS) is 26.2. The number of aromatic nitrogens is 1. The summed E-state index contributed by atoms with van der Waals surface area (Å²) in [5, 5.41) is 2.15. The molecule has 0 bridgehead atoms. The van der Waals surface area contributed by atoms with E-state index in [1.165, 1.54) is 11.3 Å². The van der Waals surface area contributed by atoms with Gasteiger partial charge in [-0.1, -0.05) is 30.3 Å². The number of rotatable bonds is 2. The highest BCUT2D eigenvalue weighted by atomic mass is 16.7. The zero-order valence-corrected chi connectivity index (χ0v) is 10.2. The maximum atomic E-state index is 5.87. The highest BCUT2D eigenvalue weighted by molar-refractivity contribution is 5.20. The molecule has 3 nitrogen and oxygen atoms in total. The summed E-state index contributed by atoms with van der Waals surface area (Å²) in [6.45, 7) is 2.81. The first kappa shape index (κ1) is 10.4. The first-order valence-electron chi connectivity index (χ1n) is 6.50. The summed E-state index contributed by atoms with van der Waals surface area (Å²) in [4.78, 5) is 5.87. The van der Waals surface area contributed by atoms with Crippen molar-refractivity contribution in [1.29, 1.82) is 0 Å². The Morgan fingerprint density at radius 1 is 1.11 bits per heavy atom. The standard InChI is InChI=1S/C15H16N2O/c1-2-5-12(6-3-1)9-17-15-13(11-18-17)10-16-8-4-7-14(15)16/h1-8,13,15H,9-11H2/t13-,15+/m0/s1. The van der Waals surface area contributed by atoms with Gasteiger partial charge in [-0.25, -0.2) is 0 Å². The smallest absolute Gasteiger partial charge is 0.0825 e. The molecule has 2 aliphatic heterocycles. The Kier molecular flexibility index (Phi) is 2.28.